The van der Waals surface area contributed by atoms with Crippen LogP contribution in [0.2, 0.25) is 0 Å². The summed E-state index contributed by atoms with van der Waals surface area (Å²) in [7, 11) is 0. The van der Waals surface area contributed by atoms with E-state index in [1.165, 1.54) is 17.0 Å². The number of rotatable bonds is 3. The zero-order valence-corrected chi connectivity index (χ0v) is 12.0. The molecule has 0 radical (unpaired) electrons. The predicted octanol–water partition coefficient (Wildman–Crippen LogP) is 4.14. The summed E-state index contributed by atoms with van der Waals surface area (Å²) in [5, 5.41) is 0. The Balaban J connectivity index is 1.81. The highest BCUT2D eigenvalue weighted by Crippen LogP contribution is 2.40. The molecule has 0 amide bonds. The molecule has 0 saturated heterocycles. The summed E-state index contributed by atoms with van der Waals surface area (Å²) in [5.74, 6) is 0.761. The van der Waals surface area contributed by atoms with E-state index < -0.39 is 0 Å². The van der Waals surface area contributed by atoms with Crippen LogP contribution < -0.4 is 0 Å². The Labute approximate surface area is 122 Å². The second kappa shape index (κ2) is 5.41. The molecule has 0 saturated carbocycles. The minimum atomic E-state index is -0.250. The molecular formula is C17H15FOS. The summed E-state index contributed by atoms with van der Waals surface area (Å²) in [6, 6.07) is 12.7. The van der Waals surface area contributed by atoms with Crippen molar-refractivity contribution in [1.29, 1.82) is 0 Å². The molecule has 20 heavy (non-hydrogen) atoms. The highest BCUT2D eigenvalue weighted by molar-refractivity contribution is 7.99. The molecule has 1 unspecified atom stereocenters. The van der Waals surface area contributed by atoms with Gasteiger partial charge < -0.3 is 0 Å². The third kappa shape index (κ3) is 2.50. The Morgan fingerprint density at radius 2 is 2.10 bits per heavy atom. The van der Waals surface area contributed by atoms with Gasteiger partial charge in [-0.05, 0) is 41.8 Å². The minimum Gasteiger partial charge on any atom is -0.299 e. The van der Waals surface area contributed by atoms with Gasteiger partial charge in [-0.25, -0.2) is 4.39 Å². The number of benzene rings is 2. The van der Waals surface area contributed by atoms with Crippen molar-refractivity contribution in [2.45, 2.75) is 24.2 Å². The molecule has 0 aromatic heterocycles. The van der Waals surface area contributed by atoms with Crippen molar-refractivity contribution in [3.05, 3.63) is 65.0 Å². The second-order valence-electron chi connectivity index (χ2n) is 5.12. The van der Waals surface area contributed by atoms with Gasteiger partial charge in [0.1, 0.15) is 11.6 Å². The van der Waals surface area contributed by atoms with Crippen molar-refractivity contribution < 1.29 is 9.18 Å². The third-order valence-electron chi connectivity index (χ3n) is 3.76. The van der Waals surface area contributed by atoms with Crippen molar-refractivity contribution >= 4 is 17.5 Å². The first-order valence-corrected chi connectivity index (χ1v) is 7.63. The van der Waals surface area contributed by atoms with E-state index in [2.05, 4.69) is 6.07 Å². The van der Waals surface area contributed by atoms with Crippen molar-refractivity contribution in [3.8, 4) is 0 Å². The number of carbonyl (C=O) groups is 1. The molecule has 3 rings (SSSR count). The number of hydrogen-bond acceptors (Lipinski definition) is 2. The summed E-state index contributed by atoms with van der Waals surface area (Å²) >= 11 is 1.74. The van der Waals surface area contributed by atoms with Gasteiger partial charge in [-0.15, -0.1) is 11.8 Å². The molecule has 1 aliphatic rings. The largest absolute Gasteiger partial charge is 0.299 e. The number of halogens is 1. The van der Waals surface area contributed by atoms with E-state index in [-0.39, 0.29) is 17.5 Å². The smallest absolute Gasteiger partial charge is 0.145 e. The van der Waals surface area contributed by atoms with Crippen LogP contribution in [0.1, 0.15) is 22.6 Å². The molecule has 1 nitrogen and oxygen atoms in total. The van der Waals surface area contributed by atoms with Crippen LogP contribution in [0, 0.1) is 12.7 Å². The molecule has 0 aliphatic carbocycles. The Bertz CT molecular complexity index is 666. The summed E-state index contributed by atoms with van der Waals surface area (Å²) < 4.78 is 13.1. The summed E-state index contributed by atoms with van der Waals surface area (Å²) in [6.07, 6.45) is 0.381. The maximum atomic E-state index is 13.1. The third-order valence-corrected chi connectivity index (χ3v) is 4.94. The fourth-order valence-corrected chi connectivity index (χ4v) is 3.86. The monoisotopic (exact) mass is 286 g/mol. The van der Waals surface area contributed by atoms with Gasteiger partial charge in [0, 0.05) is 17.1 Å². The first-order valence-electron chi connectivity index (χ1n) is 6.64. The van der Waals surface area contributed by atoms with Gasteiger partial charge in [0.25, 0.3) is 0 Å². The summed E-state index contributed by atoms with van der Waals surface area (Å²) in [4.78, 5) is 13.7. The summed E-state index contributed by atoms with van der Waals surface area (Å²) in [5.41, 5.74) is 2.91. The summed E-state index contributed by atoms with van der Waals surface area (Å²) in [6.45, 7) is 1.85. The highest BCUT2D eigenvalue weighted by Gasteiger charge is 2.28. The zero-order chi connectivity index (χ0) is 14.1. The number of fused-ring (bicyclic) bond motifs is 1. The van der Waals surface area contributed by atoms with E-state index in [0.29, 0.717) is 6.42 Å². The Morgan fingerprint density at radius 3 is 2.90 bits per heavy atom. The van der Waals surface area contributed by atoms with Gasteiger partial charge in [-0.1, -0.05) is 24.3 Å². The number of ketones is 1. The molecule has 102 valence electrons. The first-order chi connectivity index (χ1) is 9.65. The average Bonchev–Trinajstić information content (AvgIpc) is 2.86. The van der Waals surface area contributed by atoms with Crippen LogP contribution >= 0.6 is 11.8 Å². The van der Waals surface area contributed by atoms with E-state index in [1.807, 2.05) is 25.1 Å². The number of hydrogen-bond donors (Lipinski definition) is 0. The average molecular weight is 286 g/mol. The predicted molar refractivity (Wildman–Crippen MR) is 79.8 cm³/mol. The maximum Gasteiger partial charge on any atom is 0.145 e. The standard InChI is InChI=1S/C17H15FOS/c1-11-8-13(18)7-6-12(11)9-16(19)15-10-20-17-5-3-2-4-14(15)17/h2-8,15H,9-10H2,1H3. The Kier molecular flexibility index (Phi) is 3.62. The van der Waals surface area contributed by atoms with Gasteiger partial charge >= 0.3 is 0 Å². The van der Waals surface area contributed by atoms with E-state index in [0.717, 1.165) is 22.4 Å². The lowest BCUT2D eigenvalue weighted by molar-refractivity contribution is -0.119. The quantitative estimate of drug-likeness (QED) is 0.843. The van der Waals surface area contributed by atoms with Gasteiger partial charge in [0.05, 0.1) is 5.92 Å². The number of thioether (sulfide) groups is 1. The maximum absolute atomic E-state index is 13.1. The number of carbonyl (C=O) groups excluding carboxylic acids is 1. The van der Waals surface area contributed by atoms with Crippen molar-refractivity contribution in [2.75, 3.05) is 5.75 Å². The van der Waals surface area contributed by atoms with Crippen LogP contribution in [0.4, 0.5) is 4.39 Å². The van der Waals surface area contributed by atoms with Crippen LogP contribution in [-0.2, 0) is 11.2 Å². The van der Waals surface area contributed by atoms with E-state index >= 15 is 0 Å². The second-order valence-corrected chi connectivity index (χ2v) is 6.18. The van der Waals surface area contributed by atoms with E-state index in [1.54, 1.807) is 17.8 Å². The molecule has 1 atom stereocenters. The molecular weight excluding hydrogens is 271 g/mol. The molecule has 2 aromatic carbocycles. The van der Waals surface area contributed by atoms with Gasteiger partial charge in [-0.3, -0.25) is 4.79 Å². The van der Waals surface area contributed by atoms with Crippen molar-refractivity contribution in [3.63, 3.8) is 0 Å². The molecule has 2 aromatic rings. The van der Waals surface area contributed by atoms with Crippen molar-refractivity contribution in [1.82, 2.24) is 0 Å². The van der Waals surface area contributed by atoms with Crippen molar-refractivity contribution in [2.24, 2.45) is 0 Å². The zero-order valence-electron chi connectivity index (χ0n) is 11.2. The van der Waals surface area contributed by atoms with E-state index in [9.17, 15) is 9.18 Å². The Hall–Kier alpha value is -1.61. The first kappa shape index (κ1) is 13.4. The SMILES string of the molecule is Cc1cc(F)ccc1CC(=O)C1CSc2ccccc21. The molecule has 1 aliphatic heterocycles. The lowest BCUT2D eigenvalue weighted by Crippen LogP contribution is -2.15. The van der Waals surface area contributed by atoms with Crippen LogP contribution in [0.3, 0.4) is 0 Å². The topological polar surface area (TPSA) is 17.1 Å². The van der Waals surface area contributed by atoms with E-state index in [4.69, 9.17) is 0 Å². The molecule has 1 heterocycles. The van der Waals surface area contributed by atoms with Crippen LogP contribution in [0.25, 0.3) is 0 Å². The molecule has 0 fully saturated rings. The minimum absolute atomic E-state index is 0.0272. The van der Waals surface area contributed by atoms with Gasteiger partial charge in [0.2, 0.25) is 0 Å². The fourth-order valence-electron chi connectivity index (χ4n) is 2.60. The lowest BCUT2D eigenvalue weighted by atomic mass is 9.91. The van der Waals surface area contributed by atoms with Crippen LogP contribution in [-0.4, -0.2) is 11.5 Å². The Morgan fingerprint density at radius 1 is 1.30 bits per heavy atom. The normalized spacial score (nSPS) is 17.0. The molecule has 0 bridgehead atoms. The van der Waals surface area contributed by atoms with Gasteiger partial charge in [0.15, 0.2) is 0 Å². The van der Waals surface area contributed by atoms with Crippen LogP contribution in [0.15, 0.2) is 47.4 Å². The molecule has 0 N–H and O–H groups in total. The number of Topliss-reactive ketones (excluding diaryl/α,β-unsaturated/α-hetero) is 1. The highest BCUT2D eigenvalue weighted by atomic mass is 32.2. The number of aryl methyl sites for hydroxylation is 1. The molecule has 0 spiro atoms. The molecule has 3 heteroatoms. The lowest BCUT2D eigenvalue weighted by Gasteiger charge is -2.11. The fraction of sp³-hybridized carbons (Fsp3) is 0.235. The van der Waals surface area contributed by atoms with Crippen LogP contribution in [0.5, 0.6) is 0 Å². The van der Waals surface area contributed by atoms with Gasteiger partial charge in [-0.2, -0.15) is 0 Å².